The first-order chi connectivity index (χ1) is 24.2. The Bertz CT molecular complexity index is 589. The van der Waals surface area contributed by atoms with E-state index in [1.165, 1.54) is 231 Å². The standard InChI is InChI=1S/C46H93NO2.Li/c1-4-7-9-11-13-15-17-19-21-23-25-27-29-31-33-35-37-39-43-47(45(6-3)41-42-46(48)49)44-40-38-36-34-32-30-28-26-24-22-20-18-16-14-12-10-8-5-2;/h45H,4-44H2,1-3H3,(H,48,49);/q;+1/p-1. The monoisotopic (exact) mass is 698 g/mol. The summed E-state index contributed by atoms with van der Waals surface area (Å²) in [7, 11) is 0. The van der Waals surface area contributed by atoms with Gasteiger partial charge in [0, 0.05) is 12.0 Å². The summed E-state index contributed by atoms with van der Waals surface area (Å²) in [6, 6.07) is 0.398. The molecular weight excluding hydrogens is 605 g/mol. The zero-order valence-electron chi connectivity index (χ0n) is 35.3. The van der Waals surface area contributed by atoms with Gasteiger partial charge in [-0.3, -0.25) is 0 Å². The molecule has 0 spiro atoms. The maximum Gasteiger partial charge on any atom is 1.00 e. The number of carbonyl (C=O) groups is 1. The summed E-state index contributed by atoms with van der Waals surface area (Å²) >= 11 is 0. The van der Waals surface area contributed by atoms with E-state index < -0.39 is 5.97 Å². The van der Waals surface area contributed by atoms with Crippen molar-refractivity contribution in [2.24, 2.45) is 0 Å². The minimum Gasteiger partial charge on any atom is -0.550 e. The van der Waals surface area contributed by atoms with E-state index in [0.29, 0.717) is 6.04 Å². The number of carboxylic acids is 1. The van der Waals surface area contributed by atoms with Gasteiger partial charge in [0.1, 0.15) is 0 Å². The van der Waals surface area contributed by atoms with Crippen LogP contribution in [-0.4, -0.2) is 30.0 Å². The van der Waals surface area contributed by atoms with Crippen LogP contribution >= 0.6 is 0 Å². The summed E-state index contributed by atoms with van der Waals surface area (Å²) in [5, 5.41) is 11.2. The molecule has 1 unspecified atom stereocenters. The second kappa shape index (κ2) is 45.2. The Morgan fingerprint density at radius 2 is 0.620 bits per heavy atom. The Morgan fingerprint density at radius 1 is 0.400 bits per heavy atom. The summed E-state index contributed by atoms with van der Waals surface area (Å²) in [5.41, 5.74) is 0. The maximum atomic E-state index is 11.2. The summed E-state index contributed by atoms with van der Waals surface area (Å²) in [6.07, 6.45) is 52.9. The molecule has 0 rings (SSSR count). The first kappa shape index (κ1) is 52.1. The van der Waals surface area contributed by atoms with Crippen molar-refractivity contribution >= 4 is 5.97 Å². The van der Waals surface area contributed by atoms with E-state index >= 15 is 0 Å². The van der Waals surface area contributed by atoms with Crippen LogP contribution < -0.4 is 24.0 Å². The first-order valence-electron chi connectivity index (χ1n) is 23.1. The molecule has 0 aromatic heterocycles. The molecule has 3 nitrogen and oxygen atoms in total. The Morgan fingerprint density at radius 3 is 0.820 bits per heavy atom. The van der Waals surface area contributed by atoms with Crippen LogP contribution in [0.2, 0.25) is 0 Å². The van der Waals surface area contributed by atoms with Crippen LogP contribution in [-0.2, 0) is 4.79 Å². The maximum absolute atomic E-state index is 11.2. The van der Waals surface area contributed by atoms with Gasteiger partial charge in [-0.2, -0.15) is 0 Å². The van der Waals surface area contributed by atoms with Gasteiger partial charge in [0.05, 0.1) is 0 Å². The van der Waals surface area contributed by atoms with Crippen molar-refractivity contribution in [3.63, 3.8) is 0 Å². The fourth-order valence-corrected chi connectivity index (χ4v) is 7.84. The van der Waals surface area contributed by atoms with Gasteiger partial charge in [0.25, 0.3) is 0 Å². The van der Waals surface area contributed by atoms with Crippen LogP contribution in [0.5, 0.6) is 0 Å². The number of nitrogens with zero attached hydrogens (tertiary/aromatic N) is 1. The molecule has 0 aromatic carbocycles. The molecule has 0 saturated heterocycles. The van der Waals surface area contributed by atoms with Crippen molar-refractivity contribution in [3.8, 4) is 0 Å². The van der Waals surface area contributed by atoms with E-state index in [4.69, 9.17) is 0 Å². The molecule has 0 fully saturated rings. The van der Waals surface area contributed by atoms with Gasteiger partial charge < -0.3 is 14.8 Å². The normalized spacial score (nSPS) is 12.1. The molecule has 0 N–H and O–H groups in total. The number of aliphatic carboxylic acids is 1. The van der Waals surface area contributed by atoms with Crippen LogP contribution in [0, 0.1) is 0 Å². The molecule has 0 bridgehead atoms. The van der Waals surface area contributed by atoms with Gasteiger partial charge in [-0.05, 0) is 45.2 Å². The van der Waals surface area contributed by atoms with E-state index in [9.17, 15) is 9.90 Å². The SMILES string of the molecule is CCCCCCCCCCCCCCCCCCCCN(CCCCCCCCCCCCCCCCCCCC)C(CC)CCC(=O)[O-].[Li+]. The first-order valence-corrected chi connectivity index (χ1v) is 23.1. The third-order valence-corrected chi connectivity index (χ3v) is 11.3. The topological polar surface area (TPSA) is 43.4 Å². The van der Waals surface area contributed by atoms with E-state index in [-0.39, 0.29) is 25.3 Å². The molecule has 0 aromatic rings. The quantitative estimate of drug-likeness (QED) is 0.0470. The van der Waals surface area contributed by atoms with Crippen molar-refractivity contribution in [3.05, 3.63) is 0 Å². The van der Waals surface area contributed by atoms with E-state index in [1.807, 2.05) is 0 Å². The number of hydrogen-bond acceptors (Lipinski definition) is 3. The number of unbranched alkanes of at least 4 members (excludes halogenated alkanes) is 34. The second-order valence-corrected chi connectivity index (χ2v) is 16.0. The van der Waals surface area contributed by atoms with E-state index in [2.05, 4.69) is 25.7 Å². The number of rotatable bonds is 43. The summed E-state index contributed by atoms with van der Waals surface area (Å²) < 4.78 is 0. The molecule has 4 heteroatoms. The van der Waals surface area contributed by atoms with Crippen LogP contribution in [0.4, 0.5) is 0 Å². The fraction of sp³-hybridized carbons (Fsp3) is 0.978. The Kier molecular flexibility index (Phi) is 47.1. The summed E-state index contributed by atoms with van der Waals surface area (Å²) in [6.45, 7) is 9.12. The minimum atomic E-state index is -0.889. The predicted molar refractivity (Wildman–Crippen MR) is 217 cm³/mol. The average Bonchev–Trinajstić information content (AvgIpc) is 3.10. The molecule has 0 saturated carbocycles. The molecular formula is C46H92LiNO2. The molecule has 1 atom stereocenters. The third-order valence-electron chi connectivity index (χ3n) is 11.3. The molecule has 0 aliphatic rings. The van der Waals surface area contributed by atoms with E-state index in [1.54, 1.807) is 0 Å². The van der Waals surface area contributed by atoms with Crippen LogP contribution in [0.1, 0.15) is 271 Å². The minimum absolute atomic E-state index is 0. The van der Waals surface area contributed by atoms with Crippen molar-refractivity contribution in [1.82, 2.24) is 4.90 Å². The molecule has 294 valence electrons. The average molecular weight is 698 g/mol. The van der Waals surface area contributed by atoms with Gasteiger partial charge in [-0.25, -0.2) is 0 Å². The fourth-order valence-electron chi connectivity index (χ4n) is 7.84. The summed E-state index contributed by atoms with van der Waals surface area (Å²) in [4.78, 5) is 13.8. The number of hydrogen-bond donors (Lipinski definition) is 0. The van der Waals surface area contributed by atoms with Gasteiger partial charge in [0.15, 0.2) is 0 Å². The Hall–Kier alpha value is 0.0274. The van der Waals surface area contributed by atoms with E-state index in [0.717, 1.165) is 25.9 Å². The molecule has 0 amide bonds. The Labute approximate surface area is 328 Å². The van der Waals surface area contributed by atoms with Gasteiger partial charge in [-0.15, -0.1) is 0 Å². The number of carboxylic acid groups (broad SMARTS) is 1. The van der Waals surface area contributed by atoms with Crippen LogP contribution in [0.15, 0.2) is 0 Å². The second-order valence-electron chi connectivity index (χ2n) is 16.0. The molecule has 50 heavy (non-hydrogen) atoms. The van der Waals surface area contributed by atoms with Gasteiger partial charge in [-0.1, -0.05) is 239 Å². The summed E-state index contributed by atoms with van der Waals surface area (Å²) in [5.74, 6) is -0.889. The number of carbonyl (C=O) groups excluding carboxylic acids is 1. The predicted octanol–water partition coefficient (Wildman–Crippen LogP) is 11.7. The van der Waals surface area contributed by atoms with Crippen LogP contribution in [0.3, 0.4) is 0 Å². The van der Waals surface area contributed by atoms with Crippen molar-refractivity contribution in [2.45, 2.75) is 277 Å². The molecule has 0 aliphatic heterocycles. The molecule has 0 aliphatic carbocycles. The van der Waals surface area contributed by atoms with Crippen molar-refractivity contribution in [2.75, 3.05) is 13.1 Å². The van der Waals surface area contributed by atoms with Gasteiger partial charge in [0.2, 0.25) is 0 Å². The van der Waals surface area contributed by atoms with Gasteiger partial charge >= 0.3 is 18.9 Å². The van der Waals surface area contributed by atoms with Crippen molar-refractivity contribution < 1.29 is 28.8 Å². The van der Waals surface area contributed by atoms with Crippen LogP contribution in [0.25, 0.3) is 0 Å². The Balaban J connectivity index is 0. The zero-order chi connectivity index (χ0) is 35.7. The zero-order valence-corrected chi connectivity index (χ0v) is 35.3. The molecule has 0 radical (unpaired) electrons. The third kappa shape index (κ3) is 40.8. The largest absolute Gasteiger partial charge is 1.00 e. The molecule has 0 heterocycles. The van der Waals surface area contributed by atoms with Crippen molar-refractivity contribution in [1.29, 1.82) is 0 Å². The smallest absolute Gasteiger partial charge is 0.550 e.